The van der Waals surface area contributed by atoms with Crippen molar-refractivity contribution >= 4 is 11.7 Å². The van der Waals surface area contributed by atoms with E-state index in [2.05, 4.69) is 18.7 Å². The zero-order chi connectivity index (χ0) is 29.1. The Morgan fingerprint density at radius 1 is 1.15 bits per heavy atom. The van der Waals surface area contributed by atoms with E-state index in [4.69, 9.17) is 28.9 Å². The molecule has 0 aliphatic carbocycles. The number of piperidine rings is 1. The van der Waals surface area contributed by atoms with Crippen molar-refractivity contribution in [3.8, 4) is 17.0 Å². The fourth-order valence-corrected chi connectivity index (χ4v) is 5.21. The van der Waals surface area contributed by atoms with Crippen molar-refractivity contribution in [3.05, 3.63) is 35.8 Å². The van der Waals surface area contributed by atoms with Crippen LogP contribution in [0, 0.1) is 18.3 Å². The summed E-state index contributed by atoms with van der Waals surface area (Å²) in [6.07, 6.45) is 5.56. The average Bonchev–Trinajstić information content (AvgIpc) is 3.39. The van der Waals surface area contributed by atoms with Crippen LogP contribution in [0.15, 0.2) is 24.5 Å². The van der Waals surface area contributed by atoms with Gasteiger partial charge in [0.1, 0.15) is 5.75 Å². The molecule has 0 amide bonds. The topological polar surface area (TPSA) is 83.0 Å². The van der Waals surface area contributed by atoms with Gasteiger partial charge in [0, 0.05) is 48.6 Å². The summed E-state index contributed by atoms with van der Waals surface area (Å²) in [5, 5.41) is 0. The van der Waals surface area contributed by atoms with Crippen LogP contribution in [0.4, 0.5) is 5.69 Å². The van der Waals surface area contributed by atoms with Gasteiger partial charge < -0.3 is 23.8 Å². The highest BCUT2D eigenvalue weighted by molar-refractivity contribution is 5.86. The maximum Gasteiger partial charge on any atom is 0.340 e. The Bertz CT molecular complexity index is 1140. The van der Waals surface area contributed by atoms with E-state index in [0.717, 1.165) is 79.5 Å². The largest absolute Gasteiger partial charge is 0.492 e. The van der Waals surface area contributed by atoms with Gasteiger partial charge in [-0.1, -0.05) is 13.8 Å². The third-order valence-electron chi connectivity index (χ3n) is 7.54. The van der Waals surface area contributed by atoms with Crippen LogP contribution in [-0.2, 0) is 19.0 Å². The number of ether oxygens (including phenoxy) is 4. The van der Waals surface area contributed by atoms with Gasteiger partial charge in [-0.3, -0.25) is 9.97 Å². The number of aromatic nitrogens is 2. The minimum absolute atomic E-state index is 0.262. The van der Waals surface area contributed by atoms with Crippen LogP contribution in [0.1, 0.15) is 85.1 Å². The zero-order valence-corrected chi connectivity index (χ0v) is 25.6. The number of nitrogens with zero attached hydrogens (tertiary/aromatic N) is 3. The maximum atomic E-state index is 13.6. The molecular weight excluding hydrogens is 506 g/mol. The number of anilines is 1. The monoisotopic (exact) mass is 553 g/mol. The minimum Gasteiger partial charge on any atom is -0.492 e. The standard InChI is InChI=1S/C32H47N3O5/c1-21(2)39-30(36)29(40-31(4,5)6)27-22(3)33-18-25(28(27)35-14-12-32(7,8)13-15-35)26-10-9-24(17-34-26)38-20-23-11-16-37-19-23/h9-10,17-18,21,23,29H,11-16,19-20H2,1-8H3/t23-,29-/m0/s1. The van der Waals surface area contributed by atoms with Crippen LogP contribution >= 0.6 is 0 Å². The van der Waals surface area contributed by atoms with Crippen molar-refractivity contribution in [1.82, 2.24) is 9.97 Å². The predicted octanol–water partition coefficient (Wildman–Crippen LogP) is 6.30. The summed E-state index contributed by atoms with van der Waals surface area (Å²) < 4.78 is 23.6. The molecule has 2 fully saturated rings. The Balaban J connectivity index is 1.76. The molecular formula is C32H47N3O5. The van der Waals surface area contributed by atoms with E-state index in [9.17, 15) is 4.79 Å². The fourth-order valence-electron chi connectivity index (χ4n) is 5.21. The molecule has 0 saturated carbocycles. The van der Waals surface area contributed by atoms with Gasteiger partial charge >= 0.3 is 5.97 Å². The van der Waals surface area contributed by atoms with Crippen LogP contribution in [-0.4, -0.2) is 60.6 Å². The molecule has 2 aromatic heterocycles. The maximum absolute atomic E-state index is 13.6. The first kappa shape index (κ1) is 30.3. The lowest BCUT2D eigenvalue weighted by molar-refractivity contribution is -0.171. The van der Waals surface area contributed by atoms with Gasteiger partial charge in [-0.25, -0.2) is 4.79 Å². The normalized spacial score (nSPS) is 20.0. The molecule has 0 spiro atoms. The molecule has 0 radical (unpaired) electrons. The van der Waals surface area contributed by atoms with E-state index in [0.29, 0.717) is 12.5 Å². The fraction of sp³-hybridized carbons (Fsp3) is 0.656. The van der Waals surface area contributed by atoms with Crippen molar-refractivity contribution in [1.29, 1.82) is 0 Å². The predicted molar refractivity (Wildman–Crippen MR) is 157 cm³/mol. The number of carbonyl (C=O) groups excluding carboxylic acids is 1. The van der Waals surface area contributed by atoms with E-state index in [-0.39, 0.29) is 11.5 Å². The first-order valence-corrected chi connectivity index (χ1v) is 14.6. The molecule has 4 rings (SSSR count). The molecule has 2 saturated heterocycles. The first-order chi connectivity index (χ1) is 18.8. The van der Waals surface area contributed by atoms with E-state index in [1.54, 1.807) is 6.20 Å². The SMILES string of the molecule is Cc1ncc(-c2ccc(OC[C@H]3CCOC3)cn2)c(N2CCC(C)(C)CC2)c1[C@H](OC(C)(C)C)C(=O)OC(C)C. The quantitative estimate of drug-likeness (QED) is 0.335. The number of esters is 1. The molecule has 4 heterocycles. The third kappa shape index (κ3) is 7.72. The molecule has 0 unspecified atom stereocenters. The second-order valence-electron chi connectivity index (χ2n) is 13.2. The number of hydrogen-bond donors (Lipinski definition) is 0. The molecule has 8 nitrogen and oxygen atoms in total. The Hall–Kier alpha value is -2.71. The molecule has 0 aromatic carbocycles. The summed E-state index contributed by atoms with van der Waals surface area (Å²) in [7, 11) is 0. The van der Waals surface area contributed by atoms with Crippen LogP contribution in [0.3, 0.4) is 0 Å². The van der Waals surface area contributed by atoms with E-state index >= 15 is 0 Å². The molecule has 0 N–H and O–H groups in total. The summed E-state index contributed by atoms with van der Waals surface area (Å²) in [5.74, 6) is 0.744. The van der Waals surface area contributed by atoms with E-state index < -0.39 is 17.7 Å². The lowest BCUT2D eigenvalue weighted by atomic mass is 9.82. The zero-order valence-electron chi connectivity index (χ0n) is 25.6. The van der Waals surface area contributed by atoms with Crippen LogP contribution < -0.4 is 9.64 Å². The second-order valence-corrected chi connectivity index (χ2v) is 13.2. The van der Waals surface area contributed by atoms with Gasteiger partial charge in [-0.15, -0.1) is 0 Å². The molecule has 2 aromatic rings. The van der Waals surface area contributed by atoms with Gasteiger partial charge in [0.15, 0.2) is 6.10 Å². The number of carbonyl (C=O) groups is 1. The highest BCUT2D eigenvalue weighted by Crippen LogP contribution is 2.43. The Kier molecular flexibility index (Phi) is 9.40. The van der Waals surface area contributed by atoms with Crippen LogP contribution in [0.25, 0.3) is 11.3 Å². The smallest absolute Gasteiger partial charge is 0.340 e. The van der Waals surface area contributed by atoms with Crippen molar-refractivity contribution < 1.29 is 23.7 Å². The number of rotatable bonds is 9. The second kappa shape index (κ2) is 12.4. The number of aryl methyl sites for hydroxylation is 1. The van der Waals surface area contributed by atoms with E-state index in [1.165, 1.54) is 0 Å². The lowest BCUT2D eigenvalue weighted by Crippen LogP contribution is -2.39. The summed E-state index contributed by atoms with van der Waals surface area (Å²) in [4.78, 5) is 25.5. The minimum atomic E-state index is -0.920. The summed E-state index contributed by atoms with van der Waals surface area (Å²) in [6.45, 7) is 20.0. The highest BCUT2D eigenvalue weighted by atomic mass is 16.6. The summed E-state index contributed by atoms with van der Waals surface area (Å²) >= 11 is 0. The molecule has 220 valence electrons. The first-order valence-electron chi connectivity index (χ1n) is 14.6. The van der Waals surface area contributed by atoms with Crippen molar-refractivity contribution in [2.45, 2.75) is 92.5 Å². The van der Waals surface area contributed by atoms with Crippen molar-refractivity contribution in [2.75, 3.05) is 37.8 Å². The van der Waals surface area contributed by atoms with Gasteiger partial charge in [0.2, 0.25) is 0 Å². The van der Waals surface area contributed by atoms with Gasteiger partial charge in [0.05, 0.1) is 42.5 Å². The van der Waals surface area contributed by atoms with Crippen LogP contribution in [0.5, 0.6) is 5.75 Å². The Morgan fingerprint density at radius 2 is 1.88 bits per heavy atom. The van der Waals surface area contributed by atoms with Crippen molar-refractivity contribution in [2.24, 2.45) is 11.3 Å². The Morgan fingerprint density at radius 3 is 2.45 bits per heavy atom. The molecule has 8 heteroatoms. The Labute approximate surface area is 239 Å². The highest BCUT2D eigenvalue weighted by Gasteiger charge is 2.37. The number of hydrogen-bond acceptors (Lipinski definition) is 8. The van der Waals surface area contributed by atoms with Gasteiger partial charge in [-0.05, 0) is 78.4 Å². The lowest BCUT2D eigenvalue weighted by Gasteiger charge is -2.41. The molecule has 40 heavy (non-hydrogen) atoms. The van der Waals surface area contributed by atoms with Crippen LogP contribution in [0.2, 0.25) is 0 Å². The average molecular weight is 554 g/mol. The van der Waals surface area contributed by atoms with Crippen molar-refractivity contribution in [3.63, 3.8) is 0 Å². The third-order valence-corrected chi connectivity index (χ3v) is 7.54. The molecule has 2 aliphatic heterocycles. The number of pyridine rings is 2. The van der Waals surface area contributed by atoms with Gasteiger partial charge in [0.25, 0.3) is 0 Å². The summed E-state index contributed by atoms with van der Waals surface area (Å²) in [6, 6.07) is 3.93. The van der Waals surface area contributed by atoms with E-state index in [1.807, 2.05) is 59.9 Å². The van der Waals surface area contributed by atoms with Gasteiger partial charge in [-0.2, -0.15) is 0 Å². The molecule has 2 atom stereocenters. The molecule has 0 bridgehead atoms. The summed E-state index contributed by atoms with van der Waals surface area (Å²) in [5.41, 5.74) is 3.78. The molecule has 2 aliphatic rings.